The number of esters is 1. The second kappa shape index (κ2) is 7.08. The van der Waals surface area contributed by atoms with Crippen molar-refractivity contribution in [1.29, 1.82) is 0 Å². The van der Waals surface area contributed by atoms with Gasteiger partial charge >= 0.3 is 5.97 Å². The Morgan fingerprint density at radius 1 is 1.50 bits per heavy atom. The van der Waals surface area contributed by atoms with Crippen molar-refractivity contribution in [3.8, 4) is 0 Å². The average Bonchev–Trinajstić information content (AvgIpc) is 2.89. The van der Waals surface area contributed by atoms with E-state index in [1.54, 1.807) is 0 Å². The van der Waals surface area contributed by atoms with E-state index in [9.17, 15) is 9.59 Å². The Hall–Kier alpha value is -1.08. The predicted molar refractivity (Wildman–Crippen MR) is 76.3 cm³/mol. The molecule has 0 saturated carbocycles. The lowest BCUT2D eigenvalue weighted by Gasteiger charge is -2.10. The highest BCUT2D eigenvalue weighted by atomic mass is 32.2. The summed E-state index contributed by atoms with van der Waals surface area (Å²) in [6, 6.07) is 0. The number of hydrogen-bond donors (Lipinski definition) is 1. The number of nitrogens with zero attached hydrogens (tertiary/aromatic N) is 1. The van der Waals surface area contributed by atoms with Crippen molar-refractivity contribution in [2.24, 2.45) is 16.6 Å². The van der Waals surface area contributed by atoms with Gasteiger partial charge in [-0.2, -0.15) is 4.99 Å². The minimum atomic E-state index is -0.340. The number of carbonyl (C=O) groups is 2. The second-order valence-corrected chi connectivity index (χ2v) is 6.27. The first kappa shape index (κ1) is 15.3. The van der Waals surface area contributed by atoms with Crippen LogP contribution in [-0.4, -0.2) is 41.6 Å². The van der Waals surface area contributed by atoms with Gasteiger partial charge in [-0.15, -0.1) is 0 Å². The van der Waals surface area contributed by atoms with E-state index < -0.39 is 0 Å². The van der Waals surface area contributed by atoms with Gasteiger partial charge in [0.2, 0.25) is 0 Å². The van der Waals surface area contributed by atoms with E-state index in [0.717, 1.165) is 12.8 Å². The zero-order valence-corrected chi connectivity index (χ0v) is 12.4. The lowest BCUT2D eigenvalue weighted by Crippen LogP contribution is -2.19. The van der Waals surface area contributed by atoms with Crippen LogP contribution in [0.25, 0.3) is 0 Å². The maximum absolute atomic E-state index is 11.8. The zero-order chi connectivity index (χ0) is 14.5. The largest absolute Gasteiger partial charge is 0.460 e. The van der Waals surface area contributed by atoms with Gasteiger partial charge in [0, 0.05) is 6.61 Å². The molecule has 0 aromatic rings. The van der Waals surface area contributed by atoms with Gasteiger partial charge in [-0.25, -0.2) is 0 Å². The first-order valence-electron chi connectivity index (χ1n) is 6.93. The van der Waals surface area contributed by atoms with E-state index in [1.807, 2.05) is 0 Å². The molecule has 0 aliphatic carbocycles. The van der Waals surface area contributed by atoms with Crippen molar-refractivity contribution >= 4 is 28.8 Å². The summed E-state index contributed by atoms with van der Waals surface area (Å²) in [6.45, 7) is 3.22. The highest BCUT2D eigenvalue weighted by Crippen LogP contribution is 2.32. The molecule has 6 nitrogen and oxygen atoms in total. The topological polar surface area (TPSA) is 91.0 Å². The summed E-state index contributed by atoms with van der Waals surface area (Å²) in [6.07, 6.45) is 2.94. The van der Waals surface area contributed by atoms with Gasteiger partial charge in [-0.05, 0) is 19.3 Å². The van der Waals surface area contributed by atoms with E-state index in [-0.39, 0.29) is 34.3 Å². The number of hydrogen-bond acceptors (Lipinski definition) is 6. The van der Waals surface area contributed by atoms with Crippen LogP contribution >= 0.6 is 11.8 Å². The van der Waals surface area contributed by atoms with Gasteiger partial charge < -0.3 is 15.2 Å². The van der Waals surface area contributed by atoms with Crippen molar-refractivity contribution in [2.75, 3.05) is 13.2 Å². The Morgan fingerprint density at radius 2 is 2.30 bits per heavy atom. The van der Waals surface area contributed by atoms with E-state index in [0.29, 0.717) is 26.1 Å². The van der Waals surface area contributed by atoms with E-state index >= 15 is 0 Å². The van der Waals surface area contributed by atoms with Gasteiger partial charge in [0.25, 0.3) is 5.91 Å². The molecule has 2 N–H and O–H groups in total. The number of amidine groups is 1. The number of rotatable bonds is 7. The number of aliphatic imine (C=N–C) groups is 1. The molecule has 2 rings (SSSR count). The van der Waals surface area contributed by atoms with Gasteiger partial charge in [0.1, 0.15) is 6.10 Å². The maximum atomic E-state index is 11.8. The molecular weight excluding hydrogens is 280 g/mol. The van der Waals surface area contributed by atoms with Crippen LogP contribution in [0.15, 0.2) is 4.99 Å². The van der Waals surface area contributed by atoms with Gasteiger partial charge in [0.05, 0.1) is 17.8 Å². The molecule has 0 bridgehead atoms. The SMILES string of the molecule is CCCCOCC1CC(CC2SC(N)=NC2=O)C(=O)O1. The maximum Gasteiger partial charge on any atom is 0.309 e. The van der Waals surface area contributed by atoms with Gasteiger partial charge in [0.15, 0.2) is 5.17 Å². The minimum absolute atomic E-state index is 0.191. The van der Waals surface area contributed by atoms with Crippen LogP contribution in [0.2, 0.25) is 0 Å². The summed E-state index contributed by atoms with van der Waals surface area (Å²) in [5.74, 6) is -0.742. The second-order valence-electron chi connectivity index (χ2n) is 5.05. The number of unbranched alkanes of at least 4 members (excludes halogenated alkanes) is 1. The minimum Gasteiger partial charge on any atom is -0.460 e. The number of nitrogens with two attached hydrogens (primary N) is 1. The first-order valence-corrected chi connectivity index (χ1v) is 7.81. The van der Waals surface area contributed by atoms with Crippen LogP contribution in [0, 0.1) is 5.92 Å². The first-order chi connectivity index (χ1) is 9.60. The lowest BCUT2D eigenvalue weighted by molar-refractivity contribution is -0.146. The van der Waals surface area contributed by atoms with Crippen molar-refractivity contribution in [3.63, 3.8) is 0 Å². The normalized spacial score (nSPS) is 29.6. The highest BCUT2D eigenvalue weighted by Gasteiger charge is 2.39. The number of thioether (sulfide) groups is 1. The fourth-order valence-electron chi connectivity index (χ4n) is 2.29. The average molecular weight is 300 g/mol. The third kappa shape index (κ3) is 3.96. The van der Waals surface area contributed by atoms with Crippen molar-refractivity contribution in [3.05, 3.63) is 0 Å². The van der Waals surface area contributed by atoms with Crippen molar-refractivity contribution in [2.45, 2.75) is 44.0 Å². The molecule has 3 unspecified atom stereocenters. The lowest BCUT2D eigenvalue weighted by atomic mass is 9.99. The summed E-state index contributed by atoms with van der Waals surface area (Å²) in [5, 5.41) is -0.0573. The Bertz CT molecular complexity index is 413. The molecule has 3 atom stereocenters. The summed E-state index contributed by atoms with van der Waals surface area (Å²) < 4.78 is 10.7. The molecule has 0 radical (unpaired) electrons. The molecular formula is C13H20N2O4S. The molecule has 2 heterocycles. The fraction of sp³-hybridized carbons (Fsp3) is 0.769. The van der Waals surface area contributed by atoms with Gasteiger partial charge in [-0.1, -0.05) is 25.1 Å². The molecule has 0 spiro atoms. The molecule has 1 fully saturated rings. The van der Waals surface area contributed by atoms with Crippen LogP contribution in [-0.2, 0) is 19.1 Å². The van der Waals surface area contributed by atoms with E-state index in [1.165, 1.54) is 11.8 Å². The van der Waals surface area contributed by atoms with Crippen LogP contribution < -0.4 is 5.73 Å². The standard InChI is InChI=1S/C13H20N2O4S/c1-2-3-4-18-7-9-5-8(12(17)19-9)6-10-11(16)15-13(14)20-10/h8-10H,2-7H2,1H3,(H2,14,15,16). The Kier molecular flexibility index (Phi) is 5.42. The Morgan fingerprint density at radius 3 is 2.95 bits per heavy atom. The van der Waals surface area contributed by atoms with E-state index in [4.69, 9.17) is 15.2 Å². The van der Waals surface area contributed by atoms with E-state index in [2.05, 4.69) is 11.9 Å². The third-order valence-corrected chi connectivity index (χ3v) is 4.38. The van der Waals surface area contributed by atoms with Crippen molar-refractivity contribution in [1.82, 2.24) is 0 Å². The number of cyclic esters (lactones) is 1. The Labute approximate surface area is 122 Å². The molecule has 0 aromatic heterocycles. The zero-order valence-electron chi connectivity index (χ0n) is 11.5. The summed E-state index contributed by atoms with van der Waals surface area (Å²) >= 11 is 1.23. The molecule has 1 amide bonds. The molecule has 7 heteroatoms. The smallest absolute Gasteiger partial charge is 0.309 e. The summed E-state index contributed by atoms with van der Waals surface area (Å²) in [7, 11) is 0. The molecule has 2 aliphatic heterocycles. The Balaban J connectivity index is 1.74. The predicted octanol–water partition coefficient (Wildman–Crippen LogP) is 1.08. The van der Waals surface area contributed by atoms with Crippen LogP contribution in [0.4, 0.5) is 0 Å². The molecule has 0 aromatic carbocycles. The molecule has 112 valence electrons. The van der Waals surface area contributed by atoms with Crippen LogP contribution in [0.1, 0.15) is 32.6 Å². The number of carbonyl (C=O) groups excluding carboxylic acids is 2. The van der Waals surface area contributed by atoms with Gasteiger partial charge in [-0.3, -0.25) is 9.59 Å². The molecule has 1 saturated heterocycles. The van der Waals surface area contributed by atoms with Crippen molar-refractivity contribution < 1.29 is 19.1 Å². The summed E-state index contributed by atoms with van der Waals surface area (Å²) in [4.78, 5) is 27.0. The fourth-order valence-corrected chi connectivity index (χ4v) is 3.20. The van der Waals surface area contributed by atoms with Crippen LogP contribution in [0.3, 0.4) is 0 Å². The third-order valence-electron chi connectivity index (χ3n) is 3.37. The molecule has 2 aliphatic rings. The highest BCUT2D eigenvalue weighted by molar-refractivity contribution is 8.15. The summed E-state index contributed by atoms with van der Waals surface area (Å²) in [5.41, 5.74) is 5.50. The monoisotopic (exact) mass is 300 g/mol. The molecule has 20 heavy (non-hydrogen) atoms. The number of amides is 1. The van der Waals surface area contributed by atoms with Crippen LogP contribution in [0.5, 0.6) is 0 Å². The number of ether oxygens (including phenoxy) is 2. The quantitative estimate of drug-likeness (QED) is 0.559.